The summed E-state index contributed by atoms with van der Waals surface area (Å²) in [6, 6.07) is 7.13. The van der Waals surface area contributed by atoms with Crippen molar-refractivity contribution in [3.05, 3.63) is 77.0 Å². The highest BCUT2D eigenvalue weighted by atomic mass is 19.4. The predicted molar refractivity (Wildman–Crippen MR) is 105 cm³/mol. The van der Waals surface area contributed by atoms with Crippen molar-refractivity contribution in [3.63, 3.8) is 0 Å². The van der Waals surface area contributed by atoms with Crippen LogP contribution in [0.2, 0.25) is 0 Å². The van der Waals surface area contributed by atoms with Gasteiger partial charge in [-0.05, 0) is 36.8 Å². The van der Waals surface area contributed by atoms with Crippen LogP contribution in [0.3, 0.4) is 0 Å². The van der Waals surface area contributed by atoms with E-state index in [9.17, 15) is 31.5 Å². The lowest BCUT2D eigenvalue weighted by atomic mass is 10.1. The molecule has 0 aliphatic carbocycles. The molecule has 33 heavy (non-hydrogen) atoms. The second-order valence-electron chi connectivity index (χ2n) is 6.86. The predicted octanol–water partition coefficient (Wildman–Crippen LogP) is 4.33. The topological polar surface area (TPSA) is 93.5 Å². The lowest BCUT2D eigenvalue weighted by Crippen LogP contribution is -2.23. The van der Waals surface area contributed by atoms with Crippen LogP contribution in [0, 0.1) is 11.6 Å². The van der Waals surface area contributed by atoms with Gasteiger partial charge in [0.15, 0.2) is 11.9 Å². The van der Waals surface area contributed by atoms with Gasteiger partial charge in [0.05, 0.1) is 12.1 Å². The minimum absolute atomic E-state index is 0.133. The summed E-state index contributed by atoms with van der Waals surface area (Å²) in [5.74, 6) is -5.02. The maximum atomic E-state index is 13.7. The minimum atomic E-state index is -4.77. The van der Waals surface area contributed by atoms with Crippen LogP contribution in [0.5, 0.6) is 5.75 Å². The number of hydrogen-bond acceptors (Lipinski definition) is 4. The number of carboxylic acids is 1. The van der Waals surface area contributed by atoms with Crippen LogP contribution in [0.15, 0.2) is 48.7 Å². The van der Waals surface area contributed by atoms with Gasteiger partial charge in [0.1, 0.15) is 22.9 Å². The number of ether oxygens (including phenoxy) is 1. The maximum Gasteiger partial charge on any atom is 0.416 e. The monoisotopic (exact) mass is 469 g/mol. The first kappa shape index (κ1) is 23.7. The SMILES string of the molecule is CC(Oc1ccc(Cn2ccc(NC(=O)c3c(F)cccc3F)n2)c(C(F)(F)F)c1)C(=O)O. The van der Waals surface area contributed by atoms with E-state index in [0.29, 0.717) is 6.07 Å². The lowest BCUT2D eigenvalue weighted by molar-refractivity contribution is -0.144. The molecule has 1 aromatic heterocycles. The highest BCUT2D eigenvalue weighted by Crippen LogP contribution is 2.35. The number of nitrogens with one attached hydrogen (secondary N) is 1. The van der Waals surface area contributed by atoms with Gasteiger partial charge in [-0.3, -0.25) is 9.48 Å². The molecule has 1 heterocycles. The largest absolute Gasteiger partial charge is 0.479 e. The van der Waals surface area contributed by atoms with E-state index in [1.807, 2.05) is 0 Å². The van der Waals surface area contributed by atoms with Gasteiger partial charge in [-0.2, -0.15) is 18.3 Å². The highest BCUT2D eigenvalue weighted by molar-refractivity contribution is 6.04. The third kappa shape index (κ3) is 5.64. The van der Waals surface area contributed by atoms with Gasteiger partial charge in [0, 0.05) is 12.3 Å². The molecule has 0 aliphatic rings. The Hall–Kier alpha value is -3.96. The van der Waals surface area contributed by atoms with Gasteiger partial charge in [-0.1, -0.05) is 12.1 Å². The summed E-state index contributed by atoms with van der Waals surface area (Å²) in [5, 5.41) is 15.0. The molecular weight excluding hydrogens is 453 g/mol. The average molecular weight is 469 g/mol. The lowest BCUT2D eigenvalue weighted by Gasteiger charge is -2.16. The van der Waals surface area contributed by atoms with Crippen molar-refractivity contribution in [1.82, 2.24) is 9.78 Å². The molecular formula is C21H16F5N3O4. The molecule has 1 atom stereocenters. The zero-order valence-electron chi connectivity index (χ0n) is 16.9. The summed E-state index contributed by atoms with van der Waals surface area (Å²) < 4.78 is 74.2. The van der Waals surface area contributed by atoms with E-state index >= 15 is 0 Å². The Morgan fingerprint density at radius 1 is 1.15 bits per heavy atom. The second kappa shape index (κ2) is 9.27. The van der Waals surface area contributed by atoms with Gasteiger partial charge in [-0.15, -0.1) is 0 Å². The van der Waals surface area contributed by atoms with Crippen molar-refractivity contribution < 1.29 is 41.4 Å². The fourth-order valence-electron chi connectivity index (χ4n) is 2.87. The summed E-state index contributed by atoms with van der Waals surface area (Å²) in [6.07, 6.45) is -4.86. The van der Waals surface area contributed by atoms with Gasteiger partial charge in [-0.25, -0.2) is 13.6 Å². The Labute approximate surface area is 183 Å². The van der Waals surface area contributed by atoms with Crippen molar-refractivity contribution in [3.8, 4) is 5.75 Å². The average Bonchev–Trinajstić information content (AvgIpc) is 3.14. The Kier molecular flexibility index (Phi) is 6.65. The maximum absolute atomic E-state index is 13.7. The number of aromatic nitrogens is 2. The fraction of sp³-hybridized carbons (Fsp3) is 0.190. The standard InChI is InChI=1S/C21H16F5N3O4/c1-11(20(31)32)33-13-6-5-12(14(9-13)21(24,25)26)10-29-8-7-17(28-29)27-19(30)18-15(22)3-2-4-16(18)23/h2-9,11H,10H2,1H3,(H,31,32)(H,27,28,30). The molecule has 0 saturated carbocycles. The number of anilines is 1. The van der Waals surface area contributed by atoms with Gasteiger partial charge in [0.25, 0.3) is 5.91 Å². The number of nitrogens with zero attached hydrogens (tertiary/aromatic N) is 2. The van der Waals surface area contributed by atoms with E-state index in [-0.39, 0.29) is 23.7 Å². The second-order valence-corrected chi connectivity index (χ2v) is 6.86. The molecule has 2 N–H and O–H groups in total. The van der Waals surface area contributed by atoms with Crippen LogP contribution in [-0.2, 0) is 17.5 Å². The van der Waals surface area contributed by atoms with Gasteiger partial charge < -0.3 is 15.2 Å². The third-order valence-corrected chi connectivity index (χ3v) is 4.45. The molecule has 0 radical (unpaired) electrons. The zero-order chi connectivity index (χ0) is 24.3. The fourth-order valence-corrected chi connectivity index (χ4v) is 2.87. The van der Waals surface area contributed by atoms with Crippen molar-refractivity contribution in [2.75, 3.05) is 5.32 Å². The van der Waals surface area contributed by atoms with Crippen LogP contribution < -0.4 is 10.1 Å². The smallest absolute Gasteiger partial charge is 0.416 e. The molecule has 174 valence electrons. The molecule has 0 saturated heterocycles. The Morgan fingerprint density at radius 3 is 2.42 bits per heavy atom. The quantitative estimate of drug-likeness (QED) is 0.503. The first-order valence-electron chi connectivity index (χ1n) is 9.34. The third-order valence-electron chi connectivity index (χ3n) is 4.45. The molecule has 2 aromatic carbocycles. The highest BCUT2D eigenvalue weighted by Gasteiger charge is 2.34. The van der Waals surface area contributed by atoms with Crippen molar-refractivity contribution in [1.29, 1.82) is 0 Å². The van der Waals surface area contributed by atoms with Gasteiger partial charge >= 0.3 is 12.1 Å². The number of aliphatic carboxylic acids is 1. The molecule has 1 unspecified atom stereocenters. The van der Waals surface area contributed by atoms with E-state index in [0.717, 1.165) is 28.9 Å². The van der Waals surface area contributed by atoms with Gasteiger partial charge in [0.2, 0.25) is 0 Å². The van der Waals surface area contributed by atoms with E-state index in [1.54, 1.807) is 0 Å². The van der Waals surface area contributed by atoms with Crippen LogP contribution in [0.4, 0.5) is 27.8 Å². The Bertz CT molecular complexity index is 1170. The first-order valence-corrected chi connectivity index (χ1v) is 9.34. The summed E-state index contributed by atoms with van der Waals surface area (Å²) in [4.78, 5) is 23.0. The number of benzene rings is 2. The van der Waals surface area contributed by atoms with E-state index in [4.69, 9.17) is 9.84 Å². The van der Waals surface area contributed by atoms with Crippen LogP contribution in [-0.4, -0.2) is 32.9 Å². The molecule has 12 heteroatoms. The van der Waals surface area contributed by atoms with E-state index in [1.165, 1.54) is 25.3 Å². The number of amides is 1. The van der Waals surface area contributed by atoms with Crippen molar-refractivity contribution in [2.45, 2.75) is 25.7 Å². The first-order chi connectivity index (χ1) is 15.5. The summed E-state index contributed by atoms with van der Waals surface area (Å²) in [5.41, 5.74) is -2.09. The normalized spacial score (nSPS) is 12.3. The number of carbonyl (C=O) groups is 2. The summed E-state index contributed by atoms with van der Waals surface area (Å²) in [7, 11) is 0. The number of halogens is 5. The molecule has 7 nitrogen and oxygen atoms in total. The minimum Gasteiger partial charge on any atom is -0.479 e. The van der Waals surface area contributed by atoms with Crippen LogP contribution in [0.25, 0.3) is 0 Å². The molecule has 0 bridgehead atoms. The number of carboxylic acid groups (broad SMARTS) is 1. The number of hydrogen-bond donors (Lipinski definition) is 2. The zero-order valence-corrected chi connectivity index (χ0v) is 16.9. The van der Waals surface area contributed by atoms with Crippen molar-refractivity contribution in [2.24, 2.45) is 0 Å². The molecule has 0 aliphatic heterocycles. The molecule has 0 fully saturated rings. The summed E-state index contributed by atoms with van der Waals surface area (Å²) >= 11 is 0. The number of alkyl halides is 3. The van der Waals surface area contributed by atoms with Crippen LogP contribution >= 0.6 is 0 Å². The summed E-state index contributed by atoms with van der Waals surface area (Å²) in [6.45, 7) is 0.809. The van der Waals surface area contributed by atoms with E-state index in [2.05, 4.69) is 10.4 Å². The van der Waals surface area contributed by atoms with Crippen LogP contribution in [0.1, 0.15) is 28.4 Å². The number of carbonyl (C=O) groups excluding carboxylic acids is 1. The molecule has 3 rings (SSSR count). The van der Waals surface area contributed by atoms with E-state index < -0.39 is 46.9 Å². The number of rotatable bonds is 7. The molecule has 0 spiro atoms. The molecule has 1 amide bonds. The Balaban J connectivity index is 1.80. The molecule has 3 aromatic rings. The van der Waals surface area contributed by atoms with Crippen molar-refractivity contribution >= 4 is 17.7 Å². The Morgan fingerprint density at radius 2 is 1.82 bits per heavy atom.